The highest BCUT2D eigenvalue weighted by Gasteiger charge is 2.13. The number of allylic oxidation sites excluding steroid dienone is 3. The van der Waals surface area contributed by atoms with E-state index in [1.54, 1.807) is 12.1 Å². The van der Waals surface area contributed by atoms with Gasteiger partial charge in [0.2, 0.25) is 0 Å². The lowest BCUT2D eigenvalue weighted by Gasteiger charge is -2.20. The summed E-state index contributed by atoms with van der Waals surface area (Å²) in [5, 5.41) is 3.51. The zero-order valence-electron chi connectivity index (χ0n) is 19.6. The minimum absolute atomic E-state index is 0.0616. The third-order valence-electron chi connectivity index (χ3n) is 5.80. The fourth-order valence-electron chi connectivity index (χ4n) is 3.81. The average Bonchev–Trinajstić information content (AvgIpc) is 2.86. The van der Waals surface area contributed by atoms with Gasteiger partial charge in [-0.2, -0.15) is 0 Å². The molecule has 0 fully saturated rings. The van der Waals surface area contributed by atoms with Crippen LogP contribution in [0, 0.1) is 0 Å². The first-order chi connectivity index (χ1) is 16.2. The van der Waals surface area contributed by atoms with Gasteiger partial charge in [0.25, 0.3) is 0 Å². The van der Waals surface area contributed by atoms with Gasteiger partial charge in [-0.15, -0.1) is 0 Å². The van der Waals surface area contributed by atoms with E-state index in [2.05, 4.69) is 42.3 Å². The van der Waals surface area contributed by atoms with E-state index in [1.807, 2.05) is 30.3 Å². The Kier molecular flexibility index (Phi) is 10.1. The van der Waals surface area contributed by atoms with Crippen LogP contribution in [0.2, 0.25) is 0 Å². The summed E-state index contributed by atoms with van der Waals surface area (Å²) in [6.45, 7) is 6.11. The lowest BCUT2D eigenvalue weighted by atomic mass is 10.0. The van der Waals surface area contributed by atoms with E-state index in [0.717, 1.165) is 24.0 Å². The predicted octanol–water partition coefficient (Wildman–Crippen LogP) is 6.32. The number of ether oxygens (including phenoxy) is 2. The van der Waals surface area contributed by atoms with Gasteiger partial charge in [-0.25, -0.2) is 4.79 Å². The van der Waals surface area contributed by atoms with Gasteiger partial charge in [0.15, 0.2) is 0 Å². The van der Waals surface area contributed by atoms with Crippen molar-refractivity contribution in [3.05, 3.63) is 107 Å². The Morgan fingerprint density at radius 3 is 2.58 bits per heavy atom. The van der Waals surface area contributed by atoms with E-state index in [9.17, 15) is 4.79 Å². The zero-order chi connectivity index (χ0) is 23.3. The summed E-state index contributed by atoms with van der Waals surface area (Å²) in [4.78, 5) is 11.6. The molecule has 174 valence electrons. The SMILES string of the molecule is C=C1/C=C\C(COC(CNCc2ccc(C(=O)OC)cc2)c2ccccc2)=C/CCCCC1. The highest BCUT2D eigenvalue weighted by Crippen LogP contribution is 2.20. The molecule has 1 N–H and O–H groups in total. The van der Waals surface area contributed by atoms with Gasteiger partial charge in [0.1, 0.15) is 0 Å². The van der Waals surface area contributed by atoms with Crippen LogP contribution in [0.4, 0.5) is 0 Å². The maximum atomic E-state index is 11.6. The van der Waals surface area contributed by atoms with Crippen LogP contribution in [-0.4, -0.2) is 26.2 Å². The van der Waals surface area contributed by atoms with Crippen molar-refractivity contribution < 1.29 is 14.3 Å². The fraction of sp³-hybridized carbons (Fsp3) is 0.345. The molecule has 0 amide bonds. The molecule has 4 heteroatoms. The molecule has 0 heterocycles. The summed E-state index contributed by atoms with van der Waals surface area (Å²) in [5.74, 6) is -0.320. The number of esters is 1. The Labute approximate surface area is 198 Å². The van der Waals surface area contributed by atoms with Crippen LogP contribution in [0.3, 0.4) is 0 Å². The maximum absolute atomic E-state index is 11.6. The Balaban J connectivity index is 1.60. The second-order valence-corrected chi connectivity index (χ2v) is 8.40. The van der Waals surface area contributed by atoms with Crippen molar-refractivity contribution in [2.75, 3.05) is 20.3 Å². The predicted molar refractivity (Wildman–Crippen MR) is 134 cm³/mol. The third-order valence-corrected chi connectivity index (χ3v) is 5.80. The van der Waals surface area contributed by atoms with E-state index >= 15 is 0 Å². The second-order valence-electron chi connectivity index (χ2n) is 8.40. The molecule has 3 rings (SSSR count). The number of carbonyl (C=O) groups is 1. The van der Waals surface area contributed by atoms with Gasteiger partial charge in [-0.1, -0.05) is 79.3 Å². The van der Waals surface area contributed by atoms with Crippen LogP contribution < -0.4 is 5.32 Å². The monoisotopic (exact) mass is 445 g/mol. The normalized spacial score (nSPS) is 18.1. The molecule has 4 nitrogen and oxygen atoms in total. The van der Waals surface area contributed by atoms with Crippen LogP contribution in [-0.2, 0) is 16.0 Å². The third kappa shape index (κ3) is 8.49. The quantitative estimate of drug-likeness (QED) is 0.459. The number of hydrogen-bond acceptors (Lipinski definition) is 4. The molecule has 0 saturated carbocycles. The molecule has 2 aromatic carbocycles. The molecular formula is C29H35NO3. The molecule has 1 aliphatic rings. The van der Waals surface area contributed by atoms with Crippen LogP contribution in [0.1, 0.15) is 59.7 Å². The van der Waals surface area contributed by atoms with Gasteiger partial charge in [-0.3, -0.25) is 0 Å². The van der Waals surface area contributed by atoms with Crippen molar-refractivity contribution in [3.8, 4) is 0 Å². The summed E-state index contributed by atoms with van der Waals surface area (Å²) < 4.78 is 11.2. The zero-order valence-corrected chi connectivity index (χ0v) is 19.6. The summed E-state index contributed by atoms with van der Waals surface area (Å²) in [6, 6.07) is 17.8. The van der Waals surface area contributed by atoms with Crippen LogP contribution in [0.25, 0.3) is 0 Å². The Morgan fingerprint density at radius 2 is 1.82 bits per heavy atom. The lowest BCUT2D eigenvalue weighted by Crippen LogP contribution is -2.23. The summed E-state index contributed by atoms with van der Waals surface area (Å²) >= 11 is 0. The largest absolute Gasteiger partial charge is 0.465 e. The number of benzene rings is 2. The van der Waals surface area contributed by atoms with Gasteiger partial charge in [0.05, 0.1) is 25.4 Å². The van der Waals surface area contributed by atoms with E-state index in [-0.39, 0.29) is 12.1 Å². The Bertz CT molecular complexity index is 945. The molecule has 0 aliphatic heterocycles. The second kappa shape index (κ2) is 13.6. The lowest BCUT2D eigenvalue weighted by molar-refractivity contribution is 0.0600. The highest BCUT2D eigenvalue weighted by molar-refractivity contribution is 5.89. The summed E-state index contributed by atoms with van der Waals surface area (Å²) in [5.41, 5.74) is 5.20. The van der Waals surface area contributed by atoms with Gasteiger partial charge in [0, 0.05) is 13.1 Å². The topological polar surface area (TPSA) is 47.6 Å². The van der Waals surface area contributed by atoms with Crippen molar-refractivity contribution in [2.45, 2.75) is 44.8 Å². The summed E-state index contributed by atoms with van der Waals surface area (Å²) in [7, 11) is 1.39. The standard InChI is InChI=1S/C29H35NO3/c1-23-10-6-3-4-7-11-25(15-14-23)22-33-28(26-12-8-5-9-13-26)21-30-20-24-16-18-27(19-17-24)29(31)32-2/h5,8-9,11-19,28,30H,1,3-4,6-7,10,20-22H2,2H3/b15-14-,25-11+. The molecule has 1 unspecified atom stereocenters. The van der Waals surface area contributed by atoms with Crippen molar-refractivity contribution >= 4 is 5.97 Å². The first-order valence-electron chi connectivity index (χ1n) is 11.7. The summed E-state index contributed by atoms with van der Waals surface area (Å²) in [6.07, 6.45) is 12.4. The van der Waals surface area contributed by atoms with E-state index in [4.69, 9.17) is 9.47 Å². The smallest absolute Gasteiger partial charge is 0.337 e. The molecule has 0 bridgehead atoms. The number of rotatable bonds is 9. The highest BCUT2D eigenvalue weighted by atomic mass is 16.5. The molecule has 0 radical (unpaired) electrons. The molecule has 33 heavy (non-hydrogen) atoms. The molecule has 2 aromatic rings. The van der Waals surface area contributed by atoms with Crippen molar-refractivity contribution in [3.63, 3.8) is 0 Å². The molecular weight excluding hydrogens is 410 g/mol. The molecule has 0 saturated heterocycles. The molecule has 1 atom stereocenters. The molecule has 0 spiro atoms. The number of methoxy groups -OCH3 is 1. The van der Waals surface area contributed by atoms with Gasteiger partial charge < -0.3 is 14.8 Å². The molecule has 1 aliphatic carbocycles. The molecule has 0 aromatic heterocycles. The average molecular weight is 446 g/mol. The van der Waals surface area contributed by atoms with E-state index in [0.29, 0.717) is 25.3 Å². The minimum Gasteiger partial charge on any atom is -0.465 e. The van der Waals surface area contributed by atoms with Crippen LogP contribution in [0.15, 0.2) is 90.6 Å². The van der Waals surface area contributed by atoms with Gasteiger partial charge in [-0.05, 0) is 54.5 Å². The Hall–Kier alpha value is -2.95. The number of hydrogen-bond donors (Lipinski definition) is 1. The van der Waals surface area contributed by atoms with Crippen molar-refractivity contribution in [1.82, 2.24) is 5.32 Å². The Morgan fingerprint density at radius 1 is 1.03 bits per heavy atom. The van der Waals surface area contributed by atoms with Gasteiger partial charge >= 0.3 is 5.97 Å². The minimum atomic E-state index is -0.320. The van der Waals surface area contributed by atoms with Crippen molar-refractivity contribution in [1.29, 1.82) is 0 Å². The first-order valence-corrected chi connectivity index (χ1v) is 11.7. The maximum Gasteiger partial charge on any atom is 0.337 e. The number of nitrogens with one attached hydrogen (secondary N) is 1. The number of carbonyl (C=O) groups excluding carboxylic acids is 1. The van der Waals surface area contributed by atoms with Crippen molar-refractivity contribution in [2.24, 2.45) is 0 Å². The van der Waals surface area contributed by atoms with E-state index in [1.165, 1.54) is 37.5 Å². The fourth-order valence-corrected chi connectivity index (χ4v) is 3.81. The van der Waals surface area contributed by atoms with Crippen LogP contribution in [0.5, 0.6) is 0 Å². The van der Waals surface area contributed by atoms with E-state index < -0.39 is 0 Å². The van der Waals surface area contributed by atoms with Crippen LogP contribution >= 0.6 is 0 Å². The first kappa shape index (κ1) is 24.7.